The molecule has 1 heterocycles. The molecule has 0 aliphatic rings. The number of carbonyl (C=O) groups is 1. The van der Waals surface area contributed by atoms with E-state index < -0.39 is 17.8 Å². The fourth-order valence-electron chi connectivity index (χ4n) is 1.65. The molecule has 0 saturated heterocycles. The van der Waals surface area contributed by atoms with Gasteiger partial charge in [0.1, 0.15) is 4.88 Å². The van der Waals surface area contributed by atoms with Crippen LogP contribution in [0.1, 0.15) is 22.3 Å². The van der Waals surface area contributed by atoms with Crippen LogP contribution < -0.4 is 5.32 Å². The van der Waals surface area contributed by atoms with Gasteiger partial charge in [-0.15, -0.1) is 16.9 Å². The molecule has 4 nitrogen and oxygen atoms in total. The number of hydrogen-bond donors (Lipinski definition) is 1. The number of aryl methyl sites for hydroxylation is 1. The zero-order valence-corrected chi connectivity index (χ0v) is 13.1. The number of halogens is 3. The molecule has 1 amide bonds. The van der Waals surface area contributed by atoms with Crippen LogP contribution >= 0.6 is 23.3 Å². The number of hydrogen-bond acceptors (Lipinski definition) is 5. The number of nitrogens with zero attached hydrogens (tertiary/aromatic N) is 2. The first-order chi connectivity index (χ1) is 10.4. The Morgan fingerprint density at radius 2 is 2.09 bits per heavy atom. The largest absolute Gasteiger partial charge is 0.398 e. The molecule has 1 aromatic heterocycles. The highest BCUT2D eigenvalue weighted by molar-refractivity contribution is 7.99. The summed E-state index contributed by atoms with van der Waals surface area (Å²) in [4.78, 5) is 12.9. The number of alkyl halides is 3. The summed E-state index contributed by atoms with van der Waals surface area (Å²) in [5.41, 5.74) is 0.917. The van der Waals surface area contributed by atoms with Crippen molar-refractivity contribution in [1.29, 1.82) is 0 Å². The Kier molecular flexibility index (Phi) is 5.41. The highest BCUT2D eigenvalue weighted by Crippen LogP contribution is 2.32. The standard InChI is InChI=1S/C13H12F3N3OS2/c1-2-8-11(22-19-18-8)12(20)17-9-5-3-4-6-10(9)21-7-13(14,15)16/h3-6H,2,7H2,1H3,(H,17,20). The molecule has 0 aliphatic carbocycles. The monoisotopic (exact) mass is 347 g/mol. The third-order valence-electron chi connectivity index (χ3n) is 2.62. The molecule has 0 bridgehead atoms. The van der Waals surface area contributed by atoms with Crippen molar-refractivity contribution in [3.05, 3.63) is 34.8 Å². The summed E-state index contributed by atoms with van der Waals surface area (Å²) in [6, 6.07) is 6.38. The van der Waals surface area contributed by atoms with Gasteiger partial charge in [-0.2, -0.15) is 13.2 Å². The zero-order chi connectivity index (χ0) is 16.2. The van der Waals surface area contributed by atoms with Gasteiger partial charge in [0, 0.05) is 4.90 Å². The summed E-state index contributed by atoms with van der Waals surface area (Å²) in [5, 5.41) is 6.47. The van der Waals surface area contributed by atoms with Crippen LogP contribution in [0.5, 0.6) is 0 Å². The van der Waals surface area contributed by atoms with E-state index in [0.29, 0.717) is 39.3 Å². The van der Waals surface area contributed by atoms with Crippen LogP contribution in [0, 0.1) is 0 Å². The number of para-hydroxylation sites is 1. The summed E-state index contributed by atoms with van der Waals surface area (Å²) in [7, 11) is 0. The lowest BCUT2D eigenvalue weighted by Crippen LogP contribution is -2.14. The third-order valence-corrected chi connectivity index (χ3v) is 4.53. The van der Waals surface area contributed by atoms with Crippen LogP contribution in [0.2, 0.25) is 0 Å². The summed E-state index contributed by atoms with van der Waals surface area (Å²) in [6.45, 7) is 1.85. The van der Waals surface area contributed by atoms with Gasteiger partial charge in [-0.25, -0.2) is 0 Å². The predicted molar refractivity (Wildman–Crippen MR) is 80.5 cm³/mol. The molecule has 2 aromatic rings. The Balaban J connectivity index is 2.14. The van der Waals surface area contributed by atoms with Gasteiger partial charge in [-0.1, -0.05) is 23.5 Å². The Hall–Kier alpha value is -1.61. The highest BCUT2D eigenvalue weighted by atomic mass is 32.2. The topological polar surface area (TPSA) is 54.9 Å². The van der Waals surface area contributed by atoms with Crippen LogP contribution in [0.3, 0.4) is 0 Å². The van der Waals surface area contributed by atoms with Gasteiger partial charge >= 0.3 is 6.18 Å². The van der Waals surface area contributed by atoms with E-state index >= 15 is 0 Å². The second-order valence-corrected chi connectivity index (χ2v) is 6.03. The molecular formula is C13H12F3N3OS2. The van der Waals surface area contributed by atoms with Gasteiger partial charge < -0.3 is 5.32 Å². The normalized spacial score (nSPS) is 11.5. The molecule has 1 N–H and O–H groups in total. The molecule has 22 heavy (non-hydrogen) atoms. The maximum Gasteiger partial charge on any atom is 0.398 e. The number of amides is 1. The summed E-state index contributed by atoms with van der Waals surface area (Å²) in [5.74, 6) is -1.42. The van der Waals surface area contributed by atoms with Gasteiger partial charge in [0.05, 0.1) is 17.1 Å². The fraction of sp³-hybridized carbons (Fsp3) is 0.308. The molecule has 0 unspecified atom stereocenters. The van der Waals surface area contributed by atoms with E-state index in [4.69, 9.17) is 0 Å². The first kappa shape index (κ1) is 16.8. The Morgan fingerprint density at radius 1 is 1.36 bits per heavy atom. The number of benzene rings is 1. The second kappa shape index (κ2) is 7.10. The summed E-state index contributed by atoms with van der Waals surface area (Å²) >= 11 is 1.60. The first-order valence-electron chi connectivity index (χ1n) is 6.32. The van der Waals surface area contributed by atoms with Gasteiger partial charge in [-0.3, -0.25) is 4.79 Å². The molecule has 0 saturated carbocycles. The van der Waals surface area contributed by atoms with E-state index in [1.54, 1.807) is 18.2 Å². The lowest BCUT2D eigenvalue weighted by atomic mass is 10.2. The van der Waals surface area contributed by atoms with Crippen molar-refractivity contribution >= 4 is 34.9 Å². The first-order valence-corrected chi connectivity index (χ1v) is 8.07. The summed E-state index contributed by atoms with van der Waals surface area (Å²) < 4.78 is 40.7. The van der Waals surface area contributed by atoms with E-state index in [-0.39, 0.29) is 0 Å². The number of aromatic nitrogens is 2. The van der Waals surface area contributed by atoms with Crippen molar-refractivity contribution < 1.29 is 18.0 Å². The maximum absolute atomic E-state index is 12.3. The van der Waals surface area contributed by atoms with Crippen molar-refractivity contribution in [1.82, 2.24) is 9.59 Å². The van der Waals surface area contributed by atoms with Crippen molar-refractivity contribution in [2.45, 2.75) is 24.4 Å². The fourth-order valence-corrected chi connectivity index (χ4v) is 3.06. The average molecular weight is 347 g/mol. The van der Waals surface area contributed by atoms with E-state index in [0.717, 1.165) is 11.5 Å². The third kappa shape index (κ3) is 4.44. The van der Waals surface area contributed by atoms with Crippen LogP contribution in [0.25, 0.3) is 0 Å². The maximum atomic E-state index is 12.3. The molecule has 0 radical (unpaired) electrons. The number of anilines is 1. The summed E-state index contributed by atoms with van der Waals surface area (Å²) in [6.07, 6.45) is -3.71. The van der Waals surface area contributed by atoms with Gasteiger partial charge in [-0.05, 0) is 30.1 Å². The lowest BCUT2D eigenvalue weighted by Gasteiger charge is -2.11. The highest BCUT2D eigenvalue weighted by Gasteiger charge is 2.28. The van der Waals surface area contributed by atoms with Gasteiger partial charge in [0.2, 0.25) is 0 Å². The molecular weight excluding hydrogens is 335 g/mol. The van der Waals surface area contributed by atoms with Crippen LogP contribution in [-0.4, -0.2) is 27.4 Å². The molecule has 0 aliphatic heterocycles. The van der Waals surface area contributed by atoms with Crippen molar-refractivity contribution in [2.75, 3.05) is 11.1 Å². The molecule has 0 spiro atoms. The van der Waals surface area contributed by atoms with Crippen LogP contribution in [0.4, 0.5) is 18.9 Å². The minimum absolute atomic E-state index is 0.345. The van der Waals surface area contributed by atoms with Crippen molar-refractivity contribution in [3.8, 4) is 0 Å². The number of thioether (sulfide) groups is 1. The zero-order valence-electron chi connectivity index (χ0n) is 11.5. The number of carbonyl (C=O) groups excluding carboxylic acids is 1. The van der Waals surface area contributed by atoms with Gasteiger partial charge in [0.25, 0.3) is 5.91 Å². The molecule has 118 valence electrons. The van der Waals surface area contributed by atoms with E-state index in [1.165, 1.54) is 6.07 Å². The molecule has 9 heteroatoms. The lowest BCUT2D eigenvalue weighted by molar-refractivity contribution is -0.105. The second-order valence-electron chi connectivity index (χ2n) is 4.26. The number of rotatable bonds is 5. The van der Waals surface area contributed by atoms with Crippen molar-refractivity contribution in [3.63, 3.8) is 0 Å². The Labute approximate surface area is 133 Å². The van der Waals surface area contributed by atoms with Crippen LogP contribution in [0.15, 0.2) is 29.2 Å². The minimum atomic E-state index is -4.27. The van der Waals surface area contributed by atoms with Gasteiger partial charge in [0.15, 0.2) is 0 Å². The molecule has 0 atom stereocenters. The van der Waals surface area contributed by atoms with E-state index in [2.05, 4.69) is 14.9 Å². The molecule has 2 rings (SSSR count). The average Bonchev–Trinajstić information content (AvgIpc) is 2.94. The number of nitrogens with one attached hydrogen (secondary N) is 1. The van der Waals surface area contributed by atoms with E-state index in [9.17, 15) is 18.0 Å². The van der Waals surface area contributed by atoms with Crippen molar-refractivity contribution in [2.24, 2.45) is 0 Å². The molecule has 1 aromatic carbocycles. The van der Waals surface area contributed by atoms with Crippen LogP contribution in [-0.2, 0) is 6.42 Å². The Morgan fingerprint density at radius 3 is 2.77 bits per heavy atom. The Bertz CT molecular complexity index is 658. The predicted octanol–water partition coefficient (Wildman–Crippen LogP) is 4.01. The quantitative estimate of drug-likeness (QED) is 0.831. The smallest absolute Gasteiger partial charge is 0.320 e. The minimum Gasteiger partial charge on any atom is -0.320 e. The van der Waals surface area contributed by atoms with E-state index in [1.807, 2.05) is 6.92 Å². The molecule has 0 fully saturated rings. The SMILES string of the molecule is CCc1nnsc1C(=O)Nc1ccccc1SCC(F)(F)F.